The van der Waals surface area contributed by atoms with Crippen LogP contribution >= 0.6 is 0 Å². The molecule has 2 aliphatic heterocycles. The summed E-state index contributed by atoms with van der Waals surface area (Å²) in [7, 11) is 3.09. The second kappa shape index (κ2) is 3.09. The van der Waals surface area contributed by atoms with Gasteiger partial charge in [-0.2, -0.15) is 0 Å². The lowest BCUT2D eigenvalue weighted by Gasteiger charge is -2.26. The summed E-state index contributed by atoms with van der Waals surface area (Å²) in [6.45, 7) is 0. The first-order valence-corrected chi connectivity index (χ1v) is 4.01. The molecular weight excluding hydrogens is 186 g/mol. The molecule has 0 aromatic rings. The largest absolute Gasteiger partial charge is 0.481 e. The lowest BCUT2D eigenvalue weighted by atomic mass is 10.5. The van der Waals surface area contributed by atoms with Crippen LogP contribution in [-0.2, 0) is 9.47 Å². The molecule has 0 amide bonds. The second-order valence-corrected chi connectivity index (χ2v) is 2.70. The molecule has 0 saturated heterocycles. The molecule has 2 heterocycles. The number of hydrogen-bond donors (Lipinski definition) is 2. The van der Waals surface area contributed by atoms with Crippen LogP contribution in [0.4, 0.5) is 0 Å². The Bertz CT molecular complexity index is 335. The van der Waals surface area contributed by atoms with E-state index in [1.165, 1.54) is 7.11 Å². The lowest BCUT2D eigenvalue weighted by molar-refractivity contribution is 0.106. The van der Waals surface area contributed by atoms with Crippen LogP contribution in [0.25, 0.3) is 0 Å². The summed E-state index contributed by atoms with van der Waals surface area (Å²) in [4.78, 5) is 8.17. The van der Waals surface area contributed by atoms with Crippen molar-refractivity contribution in [3.8, 4) is 0 Å². The Labute approximate surface area is 80.9 Å². The van der Waals surface area contributed by atoms with E-state index in [-0.39, 0.29) is 0 Å². The molecule has 0 aromatic carbocycles. The zero-order chi connectivity index (χ0) is 10.1. The van der Waals surface area contributed by atoms with E-state index < -0.39 is 6.29 Å². The van der Waals surface area contributed by atoms with Gasteiger partial charge in [0.25, 0.3) is 0 Å². The maximum Gasteiger partial charge on any atom is 0.243 e. The van der Waals surface area contributed by atoms with Crippen molar-refractivity contribution in [3.05, 3.63) is 12.0 Å². The van der Waals surface area contributed by atoms with Crippen molar-refractivity contribution in [2.24, 2.45) is 15.7 Å². The van der Waals surface area contributed by atoms with Crippen molar-refractivity contribution in [3.63, 3.8) is 0 Å². The minimum absolute atomic E-state index is 0.305. The molecule has 2 aliphatic rings. The monoisotopic (exact) mass is 197 g/mol. The zero-order valence-electron chi connectivity index (χ0n) is 7.89. The van der Waals surface area contributed by atoms with Crippen LogP contribution in [-0.4, -0.2) is 37.4 Å². The SMILES string of the molecule is COC1=CC(OC)=NC2N=C(N)NN12. The molecule has 1 atom stereocenters. The van der Waals surface area contributed by atoms with Crippen molar-refractivity contribution in [2.75, 3.05) is 14.2 Å². The molecule has 0 bridgehead atoms. The van der Waals surface area contributed by atoms with Gasteiger partial charge in [-0.1, -0.05) is 0 Å². The molecule has 0 aliphatic carbocycles. The van der Waals surface area contributed by atoms with Crippen LogP contribution in [0.1, 0.15) is 0 Å². The van der Waals surface area contributed by atoms with Gasteiger partial charge in [0.05, 0.1) is 20.3 Å². The van der Waals surface area contributed by atoms with Crippen LogP contribution < -0.4 is 11.2 Å². The molecule has 0 fully saturated rings. The molecule has 14 heavy (non-hydrogen) atoms. The molecule has 0 spiro atoms. The summed E-state index contributed by atoms with van der Waals surface area (Å²) in [6.07, 6.45) is 1.21. The van der Waals surface area contributed by atoms with E-state index in [2.05, 4.69) is 15.4 Å². The van der Waals surface area contributed by atoms with Crippen molar-refractivity contribution in [1.29, 1.82) is 0 Å². The van der Waals surface area contributed by atoms with Gasteiger partial charge < -0.3 is 15.2 Å². The Morgan fingerprint density at radius 1 is 1.43 bits per heavy atom. The van der Waals surface area contributed by atoms with Crippen LogP contribution in [0.5, 0.6) is 0 Å². The molecule has 3 N–H and O–H groups in total. The fraction of sp³-hybridized carbons (Fsp3) is 0.429. The summed E-state index contributed by atoms with van der Waals surface area (Å²) >= 11 is 0. The molecule has 7 heteroatoms. The number of hydrazine groups is 1. The third kappa shape index (κ3) is 1.22. The summed E-state index contributed by atoms with van der Waals surface area (Å²) in [5.74, 6) is 1.33. The first kappa shape index (κ1) is 8.67. The Morgan fingerprint density at radius 3 is 2.86 bits per heavy atom. The number of rotatable bonds is 1. The molecular formula is C7H11N5O2. The number of ether oxygens (including phenoxy) is 2. The molecule has 7 nitrogen and oxygen atoms in total. The van der Waals surface area contributed by atoms with Gasteiger partial charge in [0.1, 0.15) is 0 Å². The number of nitrogens with one attached hydrogen (secondary N) is 1. The van der Waals surface area contributed by atoms with Gasteiger partial charge >= 0.3 is 0 Å². The van der Waals surface area contributed by atoms with E-state index in [9.17, 15) is 0 Å². The summed E-state index contributed by atoms with van der Waals surface area (Å²) in [5, 5.41) is 1.61. The number of aliphatic imine (C=N–C) groups is 2. The van der Waals surface area contributed by atoms with Gasteiger partial charge in [-0.3, -0.25) is 5.43 Å². The fourth-order valence-electron chi connectivity index (χ4n) is 1.24. The Morgan fingerprint density at radius 2 is 2.21 bits per heavy atom. The second-order valence-electron chi connectivity index (χ2n) is 2.70. The van der Waals surface area contributed by atoms with Crippen LogP contribution in [0.15, 0.2) is 21.9 Å². The first-order valence-electron chi connectivity index (χ1n) is 4.01. The summed E-state index contributed by atoms with van der Waals surface area (Å²) in [6, 6.07) is 0. The van der Waals surface area contributed by atoms with Crippen molar-refractivity contribution >= 4 is 11.9 Å². The lowest BCUT2D eigenvalue weighted by Crippen LogP contribution is -2.44. The minimum Gasteiger partial charge on any atom is -0.481 e. The van der Waals surface area contributed by atoms with Gasteiger partial charge in [-0.05, 0) is 0 Å². The molecule has 1 unspecified atom stereocenters. The number of nitrogens with zero attached hydrogens (tertiary/aromatic N) is 3. The highest BCUT2D eigenvalue weighted by Gasteiger charge is 2.31. The van der Waals surface area contributed by atoms with Crippen molar-refractivity contribution in [2.45, 2.75) is 6.29 Å². The minimum atomic E-state index is -0.440. The van der Waals surface area contributed by atoms with Gasteiger partial charge in [0.2, 0.25) is 24.0 Å². The molecule has 0 aromatic heterocycles. The van der Waals surface area contributed by atoms with Crippen LogP contribution in [0.3, 0.4) is 0 Å². The van der Waals surface area contributed by atoms with E-state index in [4.69, 9.17) is 15.2 Å². The predicted molar refractivity (Wildman–Crippen MR) is 49.9 cm³/mol. The zero-order valence-corrected chi connectivity index (χ0v) is 7.89. The number of guanidine groups is 1. The third-order valence-electron chi connectivity index (χ3n) is 1.87. The van der Waals surface area contributed by atoms with Crippen molar-refractivity contribution < 1.29 is 9.47 Å². The smallest absolute Gasteiger partial charge is 0.243 e. The number of methoxy groups -OCH3 is 2. The average Bonchev–Trinajstić information content (AvgIpc) is 2.56. The van der Waals surface area contributed by atoms with Gasteiger partial charge in [0, 0.05) is 0 Å². The van der Waals surface area contributed by atoms with E-state index in [0.29, 0.717) is 17.7 Å². The molecule has 0 saturated carbocycles. The number of fused-ring (bicyclic) bond motifs is 1. The number of hydrogen-bond acceptors (Lipinski definition) is 7. The maximum absolute atomic E-state index is 5.50. The Kier molecular flexibility index (Phi) is 1.91. The van der Waals surface area contributed by atoms with E-state index >= 15 is 0 Å². The Hall–Kier alpha value is -1.92. The average molecular weight is 197 g/mol. The third-order valence-corrected chi connectivity index (χ3v) is 1.87. The van der Waals surface area contributed by atoms with Crippen LogP contribution in [0, 0.1) is 0 Å². The maximum atomic E-state index is 5.50. The van der Waals surface area contributed by atoms with E-state index in [1.54, 1.807) is 18.2 Å². The highest BCUT2D eigenvalue weighted by molar-refractivity contribution is 5.89. The van der Waals surface area contributed by atoms with Gasteiger partial charge in [-0.25, -0.2) is 15.0 Å². The predicted octanol–water partition coefficient (Wildman–Crippen LogP) is -1.05. The highest BCUT2D eigenvalue weighted by atomic mass is 16.5. The van der Waals surface area contributed by atoms with Crippen molar-refractivity contribution in [1.82, 2.24) is 10.4 Å². The standard InChI is InChI=1S/C7H11N5O2/c1-13-4-3-5(14-2)12-7(9-4)10-6(8)11-12/h3,7H,1-2H3,(H3,8,10,11). The van der Waals surface area contributed by atoms with Gasteiger partial charge in [-0.15, -0.1) is 0 Å². The molecule has 2 rings (SSSR count). The van der Waals surface area contributed by atoms with E-state index in [1.807, 2.05) is 0 Å². The quantitative estimate of drug-likeness (QED) is 0.560. The summed E-state index contributed by atoms with van der Waals surface area (Å²) < 4.78 is 10.1. The normalized spacial score (nSPS) is 24.3. The first-order chi connectivity index (χ1) is 6.74. The van der Waals surface area contributed by atoms with E-state index in [0.717, 1.165) is 0 Å². The van der Waals surface area contributed by atoms with Gasteiger partial charge in [0.15, 0.2) is 0 Å². The highest BCUT2D eigenvalue weighted by Crippen LogP contribution is 2.18. The number of nitrogens with two attached hydrogens (primary N) is 1. The fourth-order valence-corrected chi connectivity index (χ4v) is 1.24. The van der Waals surface area contributed by atoms with Crippen LogP contribution in [0.2, 0.25) is 0 Å². The molecule has 76 valence electrons. The topological polar surface area (TPSA) is 84.5 Å². The summed E-state index contributed by atoms with van der Waals surface area (Å²) in [5.41, 5.74) is 8.31. The molecule has 0 radical (unpaired) electrons. The Balaban J connectivity index is 2.29.